The van der Waals surface area contributed by atoms with Crippen molar-refractivity contribution in [3.05, 3.63) is 46.5 Å². The number of Topliss-reactive ketones (excluding diaryl/α,β-unsaturated/α-hetero) is 1. The van der Waals surface area contributed by atoms with Gasteiger partial charge in [-0.05, 0) is 40.4 Å². The number of carbonyl (C=O) groups is 1. The summed E-state index contributed by atoms with van der Waals surface area (Å²) in [4.78, 5) is 16.3. The molecule has 0 saturated heterocycles. The van der Waals surface area contributed by atoms with Gasteiger partial charge in [0.05, 0.1) is 10.7 Å². The van der Waals surface area contributed by atoms with Crippen LogP contribution in [0, 0.1) is 0 Å². The third-order valence-electron chi connectivity index (χ3n) is 2.86. The molecule has 0 aromatic carbocycles. The molecular formula is C14H16BrN3O. The number of nitrogens with zero attached hydrogens (tertiary/aromatic N) is 3. The molecule has 100 valence electrons. The Morgan fingerprint density at radius 2 is 2.26 bits per heavy atom. The highest BCUT2D eigenvalue weighted by Crippen LogP contribution is 2.19. The number of hydrogen-bond acceptors (Lipinski definition) is 3. The first-order valence-electron chi connectivity index (χ1n) is 6.35. The minimum atomic E-state index is 0.113. The van der Waals surface area contributed by atoms with Gasteiger partial charge in [0.1, 0.15) is 5.69 Å². The van der Waals surface area contributed by atoms with Gasteiger partial charge in [0.25, 0.3) is 0 Å². The molecule has 0 bridgehead atoms. The van der Waals surface area contributed by atoms with Crippen LogP contribution < -0.4 is 0 Å². The van der Waals surface area contributed by atoms with Gasteiger partial charge in [-0.15, -0.1) is 0 Å². The third-order valence-corrected chi connectivity index (χ3v) is 3.44. The second-order valence-corrected chi connectivity index (χ2v) is 5.20. The first-order valence-corrected chi connectivity index (χ1v) is 7.15. The molecule has 0 N–H and O–H groups in total. The van der Waals surface area contributed by atoms with Crippen molar-refractivity contribution in [2.45, 2.75) is 32.7 Å². The van der Waals surface area contributed by atoms with E-state index in [1.165, 1.54) is 0 Å². The van der Waals surface area contributed by atoms with Gasteiger partial charge in [-0.1, -0.05) is 13.0 Å². The lowest BCUT2D eigenvalue weighted by molar-refractivity contribution is 0.0971. The number of ketones is 1. The molecule has 2 aromatic heterocycles. The van der Waals surface area contributed by atoms with Crippen molar-refractivity contribution in [1.29, 1.82) is 0 Å². The molecule has 0 amide bonds. The van der Waals surface area contributed by atoms with Gasteiger partial charge in [-0.2, -0.15) is 5.10 Å². The lowest BCUT2D eigenvalue weighted by Crippen LogP contribution is -2.11. The predicted octanol–water partition coefficient (Wildman–Crippen LogP) is 3.27. The van der Waals surface area contributed by atoms with Crippen molar-refractivity contribution < 1.29 is 4.79 Å². The lowest BCUT2D eigenvalue weighted by Gasteiger charge is -2.06. The second-order valence-electron chi connectivity index (χ2n) is 4.35. The van der Waals surface area contributed by atoms with E-state index in [4.69, 9.17) is 0 Å². The summed E-state index contributed by atoms with van der Waals surface area (Å²) in [5.41, 5.74) is 1.75. The van der Waals surface area contributed by atoms with E-state index in [0.29, 0.717) is 18.5 Å². The molecule has 19 heavy (non-hydrogen) atoms. The Kier molecular flexibility index (Phi) is 4.85. The van der Waals surface area contributed by atoms with Crippen LogP contribution in [0.25, 0.3) is 0 Å². The summed E-state index contributed by atoms with van der Waals surface area (Å²) in [7, 11) is 0. The molecule has 0 spiro atoms. The number of pyridine rings is 1. The van der Waals surface area contributed by atoms with E-state index < -0.39 is 0 Å². The number of carbonyl (C=O) groups excluding carboxylic acids is 1. The number of aryl methyl sites for hydroxylation is 2. The Labute approximate surface area is 121 Å². The number of hydrogen-bond donors (Lipinski definition) is 0. The summed E-state index contributed by atoms with van der Waals surface area (Å²) in [5, 5.41) is 4.22. The lowest BCUT2D eigenvalue weighted by atomic mass is 10.1. The summed E-state index contributed by atoms with van der Waals surface area (Å²) >= 11 is 3.40. The van der Waals surface area contributed by atoms with E-state index in [1.807, 2.05) is 12.1 Å². The maximum Gasteiger partial charge on any atom is 0.182 e. The third kappa shape index (κ3) is 3.50. The molecule has 0 saturated carbocycles. The van der Waals surface area contributed by atoms with Gasteiger partial charge in [0, 0.05) is 25.4 Å². The molecular weight excluding hydrogens is 306 g/mol. The molecule has 0 atom stereocenters. The van der Waals surface area contributed by atoms with Crippen LogP contribution in [0.3, 0.4) is 0 Å². The topological polar surface area (TPSA) is 47.8 Å². The van der Waals surface area contributed by atoms with E-state index in [1.54, 1.807) is 23.3 Å². The van der Waals surface area contributed by atoms with Crippen LogP contribution in [0.2, 0.25) is 0 Å². The highest BCUT2D eigenvalue weighted by atomic mass is 79.9. The van der Waals surface area contributed by atoms with Crippen LogP contribution >= 0.6 is 15.9 Å². The summed E-state index contributed by atoms with van der Waals surface area (Å²) in [6.07, 6.45) is 7.35. The fourth-order valence-electron chi connectivity index (χ4n) is 1.94. The number of aromatic nitrogens is 3. The average molecular weight is 322 g/mol. The molecule has 2 heterocycles. The summed E-state index contributed by atoms with van der Waals surface area (Å²) < 4.78 is 2.55. The first kappa shape index (κ1) is 13.9. The minimum absolute atomic E-state index is 0.113. The van der Waals surface area contributed by atoms with E-state index in [2.05, 4.69) is 32.9 Å². The highest BCUT2D eigenvalue weighted by Gasteiger charge is 2.16. The van der Waals surface area contributed by atoms with Crippen LogP contribution in [-0.4, -0.2) is 20.5 Å². The molecule has 0 aliphatic rings. The number of halogens is 1. The van der Waals surface area contributed by atoms with Crippen molar-refractivity contribution in [1.82, 2.24) is 14.8 Å². The Morgan fingerprint density at radius 3 is 2.95 bits per heavy atom. The zero-order valence-corrected chi connectivity index (χ0v) is 12.4. The minimum Gasteiger partial charge on any atom is -0.292 e. The molecule has 5 heteroatoms. The molecule has 4 nitrogen and oxygen atoms in total. The highest BCUT2D eigenvalue weighted by molar-refractivity contribution is 9.10. The van der Waals surface area contributed by atoms with Crippen molar-refractivity contribution in [2.24, 2.45) is 0 Å². The van der Waals surface area contributed by atoms with E-state index in [-0.39, 0.29) is 5.78 Å². The van der Waals surface area contributed by atoms with Gasteiger partial charge in [-0.3, -0.25) is 14.5 Å². The second kappa shape index (κ2) is 6.61. The Bertz CT molecular complexity index is 551. The van der Waals surface area contributed by atoms with Crippen molar-refractivity contribution in [2.75, 3.05) is 0 Å². The Balaban J connectivity index is 2.06. The van der Waals surface area contributed by atoms with Crippen LogP contribution in [0.5, 0.6) is 0 Å². The van der Waals surface area contributed by atoms with Crippen LogP contribution in [-0.2, 0) is 13.0 Å². The summed E-state index contributed by atoms with van der Waals surface area (Å²) in [5.74, 6) is 0.113. The van der Waals surface area contributed by atoms with Crippen molar-refractivity contribution in [3.8, 4) is 0 Å². The molecule has 0 aliphatic carbocycles. The molecule has 2 aromatic rings. The Hall–Kier alpha value is -1.49. The van der Waals surface area contributed by atoms with Crippen LogP contribution in [0.1, 0.15) is 35.8 Å². The van der Waals surface area contributed by atoms with Crippen molar-refractivity contribution >= 4 is 21.7 Å². The maximum absolute atomic E-state index is 12.3. The average Bonchev–Trinajstić information content (AvgIpc) is 2.79. The molecule has 0 radical (unpaired) electrons. The fraction of sp³-hybridized carbons (Fsp3) is 0.357. The van der Waals surface area contributed by atoms with Crippen molar-refractivity contribution in [3.63, 3.8) is 0 Å². The van der Waals surface area contributed by atoms with Gasteiger partial charge in [-0.25, -0.2) is 0 Å². The predicted molar refractivity (Wildman–Crippen MR) is 77.1 cm³/mol. The summed E-state index contributed by atoms with van der Waals surface area (Å²) in [6, 6.07) is 3.87. The maximum atomic E-state index is 12.3. The molecule has 0 aliphatic heterocycles. The zero-order valence-electron chi connectivity index (χ0n) is 10.8. The molecule has 0 fully saturated rings. The fourth-order valence-corrected chi connectivity index (χ4v) is 2.46. The van der Waals surface area contributed by atoms with Crippen LogP contribution in [0.15, 0.2) is 35.2 Å². The zero-order chi connectivity index (χ0) is 13.7. The quantitative estimate of drug-likeness (QED) is 0.767. The van der Waals surface area contributed by atoms with E-state index in [0.717, 1.165) is 23.0 Å². The largest absolute Gasteiger partial charge is 0.292 e. The summed E-state index contributed by atoms with van der Waals surface area (Å²) in [6.45, 7) is 2.83. The van der Waals surface area contributed by atoms with E-state index >= 15 is 0 Å². The normalized spacial score (nSPS) is 10.6. The van der Waals surface area contributed by atoms with E-state index in [9.17, 15) is 4.79 Å². The monoisotopic (exact) mass is 321 g/mol. The van der Waals surface area contributed by atoms with Crippen LogP contribution in [0.4, 0.5) is 0 Å². The molecule has 2 rings (SSSR count). The standard InChI is InChI=1S/C14H16BrN3O/c1-2-8-18-14(12(15)10-17-18)13(19)6-5-11-4-3-7-16-9-11/h3-4,7,9-10H,2,5-6,8H2,1H3. The Morgan fingerprint density at radius 1 is 1.42 bits per heavy atom. The number of rotatable bonds is 6. The smallest absolute Gasteiger partial charge is 0.182 e. The molecule has 0 unspecified atom stereocenters. The van der Waals surface area contributed by atoms with Gasteiger partial charge in [0.15, 0.2) is 5.78 Å². The van der Waals surface area contributed by atoms with Gasteiger partial charge in [0.2, 0.25) is 0 Å². The van der Waals surface area contributed by atoms with Gasteiger partial charge < -0.3 is 0 Å². The SMILES string of the molecule is CCCn1ncc(Br)c1C(=O)CCc1cccnc1. The van der Waals surface area contributed by atoms with Gasteiger partial charge >= 0.3 is 0 Å². The first-order chi connectivity index (χ1) is 9.22.